The number of benzene rings is 2. The normalized spacial score (nSPS) is 10.6. The Labute approximate surface area is 186 Å². The average molecular weight is 609 g/mol. The van der Waals surface area contributed by atoms with E-state index in [1.165, 1.54) is 15.6 Å². The Morgan fingerprint density at radius 1 is 1.07 bits per heavy atom. The van der Waals surface area contributed by atoms with Crippen LogP contribution in [0.2, 0.25) is 0 Å². The molecule has 0 unspecified atom stereocenters. The third-order valence-electron chi connectivity index (χ3n) is 3.97. The third kappa shape index (κ3) is 6.33. The SMILES string of the molecule is CCN(CC)S(=O)(=O)c1ccc(-c2csc(Nc3cc[c-]cc3)n2)cc1.[NH2-].[O]=[Os]. The number of anilines is 2. The number of nitrogens with two attached hydrogens (primary N) is 1. The second kappa shape index (κ2) is 12.0. The summed E-state index contributed by atoms with van der Waals surface area (Å²) in [6.45, 7) is 4.59. The van der Waals surface area contributed by atoms with Crippen LogP contribution in [0.25, 0.3) is 17.4 Å². The van der Waals surface area contributed by atoms with Crippen LogP contribution >= 0.6 is 11.3 Å². The van der Waals surface area contributed by atoms with E-state index in [4.69, 9.17) is 3.54 Å². The quantitative estimate of drug-likeness (QED) is 0.380. The number of rotatable bonds is 7. The van der Waals surface area contributed by atoms with Crippen LogP contribution in [0.1, 0.15) is 13.8 Å². The standard InChI is InChI=1S/C19H20N3O2S2.H2N.O.Os/c1-3-22(4-2)26(23,24)17-12-10-15(11-13-17)18-14-25-19(21-18)20-16-8-6-5-7-9-16;;;/h6-14H,3-4H2,1-2H3,(H,20,21);1H2;;/q2*-1;;. The second-order valence-corrected chi connectivity index (χ2v) is 8.36. The van der Waals surface area contributed by atoms with Gasteiger partial charge in [0.1, 0.15) is 0 Å². The Kier molecular flexibility index (Phi) is 10.4. The van der Waals surface area contributed by atoms with Gasteiger partial charge in [-0.05, 0) is 12.1 Å². The minimum atomic E-state index is -3.44. The van der Waals surface area contributed by atoms with Crippen LogP contribution in [0.4, 0.5) is 10.8 Å². The summed E-state index contributed by atoms with van der Waals surface area (Å²) in [6.07, 6.45) is 0. The first-order chi connectivity index (χ1) is 13.5. The summed E-state index contributed by atoms with van der Waals surface area (Å²) >= 11 is 2.11. The van der Waals surface area contributed by atoms with Crippen LogP contribution in [0, 0.1) is 6.07 Å². The number of hydrogen-bond acceptors (Lipinski definition) is 6. The number of thiazole rings is 1. The van der Waals surface area contributed by atoms with Crippen molar-refractivity contribution in [2.45, 2.75) is 18.7 Å². The molecule has 0 bridgehead atoms. The van der Waals surface area contributed by atoms with E-state index >= 15 is 0 Å². The van der Waals surface area contributed by atoms with E-state index in [9.17, 15) is 8.42 Å². The van der Waals surface area contributed by atoms with E-state index in [1.807, 2.05) is 43.5 Å². The molecule has 0 atom stereocenters. The van der Waals surface area contributed by atoms with Gasteiger partial charge in [0.2, 0.25) is 10.0 Å². The van der Waals surface area contributed by atoms with Gasteiger partial charge in [-0.25, -0.2) is 13.4 Å². The number of aromatic nitrogens is 1. The first kappa shape index (κ1) is 25.2. The number of sulfonamides is 1. The fraction of sp³-hybridized carbons (Fsp3) is 0.211. The molecule has 1 heterocycles. The van der Waals surface area contributed by atoms with Crippen LogP contribution < -0.4 is 5.32 Å². The summed E-state index contributed by atoms with van der Waals surface area (Å²) in [5.74, 6) is 0. The summed E-state index contributed by atoms with van der Waals surface area (Å²) in [4.78, 5) is 4.88. The molecule has 0 aliphatic rings. The molecule has 0 aliphatic carbocycles. The third-order valence-corrected chi connectivity index (χ3v) is 6.79. The minimum absolute atomic E-state index is 0. The Bertz CT molecular complexity index is 976. The molecular weight excluding hydrogens is 587 g/mol. The van der Waals surface area contributed by atoms with Gasteiger partial charge in [0, 0.05) is 24.0 Å². The van der Waals surface area contributed by atoms with Gasteiger partial charge in [-0.1, -0.05) is 31.7 Å². The zero-order chi connectivity index (χ0) is 20.6. The van der Waals surface area contributed by atoms with Crippen molar-refractivity contribution in [1.29, 1.82) is 0 Å². The molecule has 0 saturated carbocycles. The van der Waals surface area contributed by atoms with Crippen molar-refractivity contribution in [3.63, 3.8) is 0 Å². The maximum absolute atomic E-state index is 12.5. The number of nitrogens with one attached hydrogen (secondary N) is 1. The molecule has 7 nitrogen and oxygen atoms in total. The topological polar surface area (TPSA) is 113 Å². The maximum atomic E-state index is 12.5. The molecule has 2 aromatic carbocycles. The molecule has 29 heavy (non-hydrogen) atoms. The molecule has 0 fully saturated rings. The molecule has 0 radical (unpaired) electrons. The molecule has 0 amide bonds. The van der Waals surface area contributed by atoms with E-state index in [0.717, 1.165) is 22.1 Å². The predicted molar refractivity (Wildman–Crippen MR) is 112 cm³/mol. The Hall–Kier alpha value is -1.82. The zero-order valence-corrected chi connectivity index (χ0v) is 20.2. The fourth-order valence-electron chi connectivity index (χ4n) is 2.57. The molecule has 0 spiro atoms. The summed E-state index contributed by atoms with van der Waals surface area (Å²) in [7, 11) is -3.44. The Morgan fingerprint density at radius 3 is 2.21 bits per heavy atom. The van der Waals surface area contributed by atoms with Crippen molar-refractivity contribution in [2.75, 3.05) is 18.4 Å². The van der Waals surface area contributed by atoms with E-state index in [0.29, 0.717) is 36.5 Å². The molecule has 158 valence electrons. The van der Waals surface area contributed by atoms with Gasteiger partial charge >= 0.3 is 22.1 Å². The Balaban J connectivity index is 0.00000136. The van der Waals surface area contributed by atoms with E-state index in [2.05, 4.69) is 16.4 Å². The second-order valence-electron chi connectivity index (χ2n) is 5.57. The van der Waals surface area contributed by atoms with Gasteiger partial charge < -0.3 is 11.5 Å². The van der Waals surface area contributed by atoms with Crippen LogP contribution in [-0.2, 0) is 32.1 Å². The van der Waals surface area contributed by atoms with Gasteiger partial charge in [-0.2, -0.15) is 22.5 Å². The molecule has 3 N–H and O–H groups in total. The zero-order valence-electron chi connectivity index (χ0n) is 16.0. The van der Waals surface area contributed by atoms with Crippen LogP contribution in [0.15, 0.2) is 58.8 Å². The molecule has 3 aromatic rings. The van der Waals surface area contributed by atoms with Crippen LogP contribution in [-0.4, -0.2) is 30.8 Å². The molecule has 0 saturated heterocycles. The predicted octanol–water partition coefficient (Wildman–Crippen LogP) is 4.98. The molecule has 0 aliphatic heterocycles. The monoisotopic (exact) mass is 610 g/mol. The first-order valence-corrected chi connectivity index (χ1v) is 11.8. The molecule has 1 aromatic heterocycles. The van der Waals surface area contributed by atoms with Crippen molar-refractivity contribution < 1.29 is 30.5 Å². The van der Waals surface area contributed by atoms with Crippen molar-refractivity contribution in [1.82, 2.24) is 9.29 Å². The van der Waals surface area contributed by atoms with Crippen LogP contribution in [0.5, 0.6) is 0 Å². The van der Waals surface area contributed by atoms with E-state index in [-0.39, 0.29) is 6.15 Å². The van der Waals surface area contributed by atoms with Crippen molar-refractivity contribution >= 4 is 32.2 Å². The van der Waals surface area contributed by atoms with Crippen molar-refractivity contribution in [2.24, 2.45) is 0 Å². The van der Waals surface area contributed by atoms with Gasteiger partial charge in [0.25, 0.3) is 0 Å². The number of nitrogens with zero attached hydrogens (tertiary/aromatic N) is 2. The average Bonchev–Trinajstić information content (AvgIpc) is 3.19. The first-order valence-electron chi connectivity index (χ1n) is 8.48. The fourth-order valence-corrected chi connectivity index (χ4v) is 4.77. The summed E-state index contributed by atoms with van der Waals surface area (Å²) < 4.78 is 34.8. The van der Waals surface area contributed by atoms with Gasteiger partial charge in [0.05, 0.1) is 10.6 Å². The van der Waals surface area contributed by atoms with E-state index < -0.39 is 10.0 Å². The van der Waals surface area contributed by atoms with Crippen molar-refractivity contribution in [3.8, 4) is 11.3 Å². The van der Waals surface area contributed by atoms with Crippen molar-refractivity contribution in [3.05, 3.63) is 66.1 Å². The van der Waals surface area contributed by atoms with Crippen LogP contribution in [0.3, 0.4) is 0 Å². The molecule has 10 heteroatoms. The van der Waals surface area contributed by atoms with Gasteiger partial charge in [0.15, 0.2) is 5.13 Å². The molecular formula is C19H22N4O3OsS2-2. The van der Waals surface area contributed by atoms with Gasteiger partial charge in [-0.3, -0.25) is 0 Å². The Morgan fingerprint density at radius 2 is 1.66 bits per heavy atom. The summed E-state index contributed by atoms with van der Waals surface area (Å²) in [5.41, 5.74) is 2.64. The summed E-state index contributed by atoms with van der Waals surface area (Å²) in [6, 6.07) is 17.4. The van der Waals surface area contributed by atoms with E-state index in [1.54, 1.807) is 24.3 Å². The molecule has 3 rings (SSSR count). The van der Waals surface area contributed by atoms with Gasteiger partial charge in [-0.15, -0.1) is 23.5 Å². The summed E-state index contributed by atoms with van der Waals surface area (Å²) in [5, 5.41) is 5.98. The number of hydrogen-bond donors (Lipinski definition) is 1.